The largest absolute Gasteiger partial charge is 0.415 e. The van der Waals surface area contributed by atoms with Crippen molar-refractivity contribution in [1.29, 1.82) is 0 Å². The zero-order chi connectivity index (χ0) is 9.43. The number of benzene rings is 1. The van der Waals surface area contributed by atoms with E-state index in [1.807, 2.05) is 24.3 Å². The van der Waals surface area contributed by atoms with Gasteiger partial charge in [0, 0.05) is 8.88 Å². The van der Waals surface area contributed by atoms with Gasteiger partial charge in [-0.05, 0) is 12.1 Å². The van der Waals surface area contributed by atoms with Gasteiger partial charge in [0.1, 0.15) is 0 Å². The van der Waals surface area contributed by atoms with Crippen LogP contribution in [0.1, 0.15) is 0 Å². The Morgan fingerprint density at radius 1 is 1.21 bits per heavy atom. The normalized spacial score (nSPS) is 25.4. The van der Waals surface area contributed by atoms with E-state index in [0.29, 0.717) is 17.8 Å². The Bertz CT molecular complexity index is 396. The lowest BCUT2D eigenvalue weighted by molar-refractivity contribution is 0.552. The molecule has 0 amide bonds. The highest BCUT2D eigenvalue weighted by Gasteiger charge is 2.35. The molecule has 14 heavy (non-hydrogen) atoms. The van der Waals surface area contributed by atoms with Gasteiger partial charge in [0.25, 0.3) is 0 Å². The van der Waals surface area contributed by atoms with Crippen LogP contribution in [0.3, 0.4) is 0 Å². The Kier molecular flexibility index (Phi) is 2.24. The van der Waals surface area contributed by atoms with E-state index in [1.54, 1.807) is 0 Å². The molecule has 74 valence electrons. The molecule has 1 aromatic carbocycles. The van der Waals surface area contributed by atoms with Crippen molar-refractivity contribution >= 4 is 25.4 Å². The third-order valence-electron chi connectivity index (χ3n) is 1.79. The lowest BCUT2D eigenvalue weighted by atomic mass is 10.3. The maximum Gasteiger partial charge on any atom is 0.403 e. The third kappa shape index (κ3) is 1.46. The number of fused-ring (bicyclic) bond motifs is 1. The minimum atomic E-state index is -2.19. The maximum atomic E-state index is 5.72. The predicted molar refractivity (Wildman–Crippen MR) is 59.9 cm³/mol. The smallest absolute Gasteiger partial charge is 0.403 e. The number of para-hydroxylation sites is 2. The quantitative estimate of drug-likeness (QED) is 0.692. The average Bonchev–Trinajstić information content (AvgIpc) is 2.56. The van der Waals surface area contributed by atoms with Gasteiger partial charge in [-0.15, -0.1) is 0 Å². The van der Waals surface area contributed by atoms with Crippen LogP contribution in [0, 0.1) is 0 Å². The lowest BCUT2D eigenvalue weighted by Gasteiger charge is -2.21. The molecule has 2 atom stereocenters. The van der Waals surface area contributed by atoms with E-state index in [9.17, 15) is 0 Å². The topological polar surface area (TPSA) is 54.9 Å². The second kappa shape index (κ2) is 3.44. The standard InChI is InChI=1S/C6H8N3O2P3/c1-2-4-6-5(3-1)10-14(11-6)8-12-7-13-9-14/h1-4,7-8,12-13H. The number of hydrogen-bond acceptors (Lipinski definition) is 5. The van der Waals surface area contributed by atoms with Gasteiger partial charge in [-0.25, -0.2) is 4.86 Å². The van der Waals surface area contributed by atoms with E-state index in [2.05, 4.69) is 14.2 Å². The van der Waals surface area contributed by atoms with Gasteiger partial charge in [0.05, 0.1) is 8.88 Å². The summed E-state index contributed by atoms with van der Waals surface area (Å²) in [6.07, 6.45) is 0. The molecular formula is C6H8N3O2P3. The summed E-state index contributed by atoms with van der Waals surface area (Å²) in [5.74, 6) is 1.57. The molecule has 0 fully saturated rings. The molecule has 3 rings (SSSR count). The minimum Gasteiger partial charge on any atom is -0.415 e. The third-order valence-corrected chi connectivity index (χ3v) is 6.66. The highest BCUT2D eigenvalue weighted by Crippen LogP contribution is 2.62. The molecule has 0 saturated heterocycles. The first-order chi connectivity index (χ1) is 6.88. The number of nitrogens with zero attached hydrogens (tertiary/aromatic N) is 1. The zero-order valence-corrected chi connectivity index (χ0v) is 9.91. The van der Waals surface area contributed by atoms with Gasteiger partial charge in [0.15, 0.2) is 11.5 Å². The molecule has 0 bridgehead atoms. The van der Waals surface area contributed by atoms with E-state index in [-0.39, 0.29) is 0 Å². The maximum absolute atomic E-state index is 5.72. The summed E-state index contributed by atoms with van der Waals surface area (Å²) in [6.45, 7) is 0. The first-order valence-electron chi connectivity index (χ1n) is 4.00. The monoisotopic (exact) mass is 247 g/mol. The first kappa shape index (κ1) is 9.08. The van der Waals surface area contributed by atoms with Crippen LogP contribution in [0.2, 0.25) is 0 Å². The molecule has 8 heteroatoms. The molecule has 0 aromatic heterocycles. The summed E-state index contributed by atoms with van der Waals surface area (Å²) in [4.78, 5) is 6.27. The molecule has 2 N–H and O–H groups in total. The second-order valence-corrected chi connectivity index (χ2v) is 7.30. The van der Waals surface area contributed by atoms with Crippen LogP contribution in [-0.2, 0) is 0 Å². The Morgan fingerprint density at radius 3 is 2.50 bits per heavy atom. The summed E-state index contributed by atoms with van der Waals surface area (Å²) in [7, 11) is -1.37. The van der Waals surface area contributed by atoms with Crippen LogP contribution < -0.4 is 18.8 Å². The van der Waals surface area contributed by atoms with Crippen LogP contribution in [-0.4, -0.2) is 0 Å². The van der Waals surface area contributed by atoms with Gasteiger partial charge >= 0.3 is 7.66 Å². The Balaban J connectivity index is 2.01. The van der Waals surface area contributed by atoms with Crippen molar-refractivity contribution in [3.8, 4) is 11.5 Å². The van der Waals surface area contributed by atoms with E-state index >= 15 is 0 Å². The molecule has 1 spiro atoms. The van der Waals surface area contributed by atoms with Crippen LogP contribution in [0.5, 0.6) is 11.5 Å². The summed E-state index contributed by atoms with van der Waals surface area (Å²) >= 11 is 0. The zero-order valence-electron chi connectivity index (χ0n) is 7.02. The van der Waals surface area contributed by atoms with Gasteiger partial charge in [-0.2, -0.15) is 9.37 Å². The second-order valence-electron chi connectivity index (χ2n) is 2.72. The molecule has 1 aromatic rings. The Hall–Kier alpha value is -0.170. The molecule has 2 aliphatic rings. The fraction of sp³-hybridized carbons (Fsp3) is 0. The van der Waals surface area contributed by atoms with Crippen LogP contribution in [0.4, 0.5) is 0 Å². The number of rotatable bonds is 0. The van der Waals surface area contributed by atoms with Gasteiger partial charge in [0.2, 0.25) is 0 Å². The van der Waals surface area contributed by atoms with Gasteiger partial charge < -0.3 is 9.05 Å². The van der Waals surface area contributed by atoms with E-state index < -0.39 is 7.66 Å². The van der Waals surface area contributed by atoms with Crippen molar-refractivity contribution in [1.82, 2.24) is 9.72 Å². The fourth-order valence-electron chi connectivity index (χ4n) is 1.22. The first-order valence-corrected chi connectivity index (χ1v) is 7.52. The van der Waals surface area contributed by atoms with Crippen molar-refractivity contribution in [2.75, 3.05) is 0 Å². The van der Waals surface area contributed by atoms with Crippen molar-refractivity contribution < 1.29 is 9.05 Å². The highest BCUT2D eigenvalue weighted by atomic mass is 31.2. The Labute approximate surface area is 85.0 Å². The molecule has 0 saturated carbocycles. The summed E-state index contributed by atoms with van der Waals surface area (Å²) in [5, 5.41) is 0. The van der Waals surface area contributed by atoms with Crippen LogP contribution >= 0.6 is 25.4 Å². The highest BCUT2D eigenvalue weighted by molar-refractivity contribution is 7.72. The van der Waals surface area contributed by atoms with Crippen molar-refractivity contribution in [3.05, 3.63) is 24.3 Å². The van der Waals surface area contributed by atoms with Gasteiger partial charge in [-0.1, -0.05) is 12.1 Å². The van der Waals surface area contributed by atoms with Crippen LogP contribution in [0.25, 0.3) is 0 Å². The summed E-state index contributed by atoms with van der Waals surface area (Å²) in [6, 6.07) is 7.65. The molecule has 5 nitrogen and oxygen atoms in total. The minimum absolute atomic E-state index is 0.359. The molecule has 2 unspecified atom stereocenters. The summed E-state index contributed by atoms with van der Waals surface area (Å²) < 4.78 is 15.8. The molecule has 2 heterocycles. The van der Waals surface area contributed by atoms with E-state index in [4.69, 9.17) is 9.05 Å². The molecule has 2 aliphatic heterocycles. The van der Waals surface area contributed by atoms with Crippen molar-refractivity contribution in [3.63, 3.8) is 0 Å². The molecule has 0 radical (unpaired) electrons. The van der Waals surface area contributed by atoms with Crippen molar-refractivity contribution in [2.24, 2.45) is 4.52 Å². The fourth-order valence-corrected chi connectivity index (χ4v) is 6.12. The molecule has 0 aliphatic carbocycles. The predicted octanol–water partition coefficient (Wildman–Crippen LogP) is 2.61. The van der Waals surface area contributed by atoms with Crippen LogP contribution in [0.15, 0.2) is 28.8 Å². The van der Waals surface area contributed by atoms with E-state index in [1.165, 1.54) is 0 Å². The lowest BCUT2D eigenvalue weighted by Crippen LogP contribution is -2.11. The molecular weight excluding hydrogens is 239 g/mol. The Morgan fingerprint density at radius 2 is 1.93 bits per heavy atom. The SMILES string of the molecule is c1ccc2c(c1)OP1(=NPNPN1)O2. The van der Waals surface area contributed by atoms with Crippen molar-refractivity contribution in [2.45, 2.75) is 0 Å². The van der Waals surface area contributed by atoms with E-state index in [0.717, 1.165) is 11.5 Å². The average molecular weight is 247 g/mol. The number of hydrogen-bond donors (Lipinski definition) is 2. The van der Waals surface area contributed by atoms with Gasteiger partial charge in [-0.3, -0.25) is 0 Å². The number of nitrogens with one attached hydrogen (secondary N) is 2. The summed E-state index contributed by atoms with van der Waals surface area (Å²) in [5.41, 5.74) is 0.